The van der Waals surface area contributed by atoms with Crippen molar-refractivity contribution in [2.75, 3.05) is 19.6 Å². The third kappa shape index (κ3) is 2.64. The number of benzene rings is 1. The van der Waals surface area contributed by atoms with E-state index in [0.717, 1.165) is 50.2 Å². The number of nitriles is 1. The number of piperidine rings is 1. The van der Waals surface area contributed by atoms with Crippen LogP contribution in [0.25, 0.3) is 0 Å². The van der Waals surface area contributed by atoms with Crippen LogP contribution in [0.3, 0.4) is 0 Å². The molecule has 0 bridgehead atoms. The van der Waals surface area contributed by atoms with Crippen LogP contribution in [0.5, 0.6) is 5.75 Å². The SMILES string of the molecule is CC1(C#N)CCN(CC2Cc3cc(F)ccc3O2)CC1. The second kappa shape index (κ2) is 5.06. The van der Waals surface area contributed by atoms with Gasteiger partial charge in [0.1, 0.15) is 17.7 Å². The van der Waals surface area contributed by atoms with Gasteiger partial charge in [-0.05, 0) is 51.1 Å². The van der Waals surface area contributed by atoms with Crippen molar-refractivity contribution in [2.24, 2.45) is 5.41 Å². The summed E-state index contributed by atoms with van der Waals surface area (Å²) in [6.45, 7) is 4.77. The molecule has 3 rings (SSSR count). The zero-order valence-corrected chi connectivity index (χ0v) is 11.7. The van der Waals surface area contributed by atoms with Gasteiger partial charge < -0.3 is 4.74 Å². The summed E-state index contributed by atoms with van der Waals surface area (Å²) in [6.07, 6.45) is 2.72. The Kier molecular flexibility index (Phi) is 3.39. The molecule has 106 valence electrons. The fourth-order valence-corrected chi connectivity index (χ4v) is 3.02. The molecule has 0 aromatic heterocycles. The van der Waals surface area contributed by atoms with Gasteiger partial charge in [0.2, 0.25) is 0 Å². The molecular formula is C16H19FN2O. The van der Waals surface area contributed by atoms with Crippen LogP contribution in [0.2, 0.25) is 0 Å². The number of hydrogen-bond donors (Lipinski definition) is 0. The smallest absolute Gasteiger partial charge is 0.123 e. The average Bonchev–Trinajstić information content (AvgIpc) is 2.83. The average molecular weight is 274 g/mol. The lowest BCUT2D eigenvalue weighted by molar-refractivity contribution is 0.103. The molecule has 1 unspecified atom stereocenters. The van der Waals surface area contributed by atoms with E-state index in [4.69, 9.17) is 10.00 Å². The molecule has 4 heteroatoms. The number of hydrogen-bond acceptors (Lipinski definition) is 3. The Labute approximate surface area is 119 Å². The molecular weight excluding hydrogens is 255 g/mol. The quantitative estimate of drug-likeness (QED) is 0.832. The molecule has 20 heavy (non-hydrogen) atoms. The summed E-state index contributed by atoms with van der Waals surface area (Å²) < 4.78 is 19.0. The van der Waals surface area contributed by atoms with Gasteiger partial charge in [-0.2, -0.15) is 5.26 Å². The van der Waals surface area contributed by atoms with E-state index < -0.39 is 0 Å². The third-order valence-electron chi connectivity index (χ3n) is 4.46. The molecule has 1 fully saturated rings. The highest BCUT2D eigenvalue weighted by Crippen LogP contribution is 2.32. The standard InChI is InChI=1S/C16H19FN2O/c1-16(11-18)4-6-19(7-5-16)10-14-9-12-8-13(17)2-3-15(12)20-14/h2-3,8,14H,4-7,9-10H2,1H3. The summed E-state index contributed by atoms with van der Waals surface area (Å²) in [7, 11) is 0. The first-order valence-electron chi connectivity index (χ1n) is 7.17. The largest absolute Gasteiger partial charge is 0.488 e. The minimum atomic E-state index is -0.198. The van der Waals surface area contributed by atoms with Gasteiger partial charge in [-0.3, -0.25) is 4.90 Å². The van der Waals surface area contributed by atoms with Gasteiger partial charge in [0.15, 0.2) is 0 Å². The lowest BCUT2D eigenvalue weighted by Crippen LogP contribution is -2.42. The Bertz CT molecular complexity index is 544. The normalized spacial score (nSPS) is 24.8. The van der Waals surface area contributed by atoms with Crippen molar-refractivity contribution in [1.82, 2.24) is 4.90 Å². The van der Waals surface area contributed by atoms with Gasteiger partial charge in [0, 0.05) is 18.5 Å². The summed E-state index contributed by atoms with van der Waals surface area (Å²) >= 11 is 0. The lowest BCUT2D eigenvalue weighted by Gasteiger charge is -2.35. The topological polar surface area (TPSA) is 36.3 Å². The Hall–Kier alpha value is -1.60. The summed E-state index contributed by atoms with van der Waals surface area (Å²) in [5, 5.41) is 9.14. The maximum atomic E-state index is 13.2. The molecule has 0 aliphatic carbocycles. The molecule has 2 aliphatic rings. The first-order valence-corrected chi connectivity index (χ1v) is 7.17. The van der Waals surface area contributed by atoms with Crippen LogP contribution in [0.1, 0.15) is 25.3 Å². The highest BCUT2D eigenvalue weighted by Gasteiger charge is 2.32. The van der Waals surface area contributed by atoms with E-state index in [2.05, 4.69) is 11.0 Å². The minimum Gasteiger partial charge on any atom is -0.488 e. The van der Waals surface area contributed by atoms with Crippen LogP contribution >= 0.6 is 0 Å². The number of halogens is 1. The molecule has 1 aromatic carbocycles. The van der Waals surface area contributed by atoms with Crippen LogP contribution < -0.4 is 4.74 Å². The maximum Gasteiger partial charge on any atom is 0.123 e. The van der Waals surface area contributed by atoms with E-state index in [-0.39, 0.29) is 17.3 Å². The molecule has 1 atom stereocenters. The fourth-order valence-electron chi connectivity index (χ4n) is 3.02. The molecule has 0 radical (unpaired) electrons. The Morgan fingerprint density at radius 1 is 1.45 bits per heavy atom. The highest BCUT2D eigenvalue weighted by molar-refractivity contribution is 5.37. The second-order valence-electron chi connectivity index (χ2n) is 6.17. The zero-order valence-electron chi connectivity index (χ0n) is 11.7. The summed E-state index contributed by atoms with van der Waals surface area (Å²) in [6, 6.07) is 7.14. The van der Waals surface area contributed by atoms with Crippen LogP contribution in [-0.2, 0) is 6.42 Å². The van der Waals surface area contributed by atoms with Crippen molar-refractivity contribution in [3.05, 3.63) is 29.6 Å². The number of likely N-dealkylation sites (tertiary alicyclic amines) is 1. The van der Waals surface area contributed by atoms with Gasteiger partial charge in [0.05, 0.1) is 11.5 Å². The first kappa shape index (κ1) is 13.4. The van der Waals surface area contributed by atoms with Gasteiger partial charge in [-0.25, -0.2) is 4.39 Å². The van der Waals surface area contributed by atoms with Crippen molar-refractivity contribution in [3.8, 4) is 11.8 Å². The Morgan fingerprint density at radius 3 is 2.90 bits per heavy atom. The number of ether oxygens (including phenoxy) is 1. The summed E-state index contributed by atoms with van der Waals surface area (Å²) in [4.78, 5) is 2.35. The highest BCUT2D eigenvalue weighted by atomic mass is 19.1. The summed E-state index contributed by atoms with van der Waals surface area (Å²) in [5.41, 5.74) is 0.799. The number of nitrogens with zero attached hydrogens (tertiary/aromatic N) is 2. The minimum absolute atomic E-state index is 0.109. The van der Waals surface area contributed by atoms with Gasteiger partial charge in [0.25, 0.3) is 0 Å². The Balaban J connectivity index is 1.56. The number of rotatable bonds is 2. The van der Waals surface area contributed by atoms with Crippen molar-refractivity contribution in [3.63, 3.8) is 0 Å². The van der Waals surface area contributed by atoms with Crippen LogP contribution in [0.15, 0.2) is 18.2 Å². The fraction of sp³-hybridized carbons (Fsp3) is 0.562. The van der Waals surface area contributed by atoms with Crippen molar-refractivity contribution in [1.29, 1.82) is 5.26 Å². The predicted molar refractivity (Wildman–Crippen MR) is 73.9 cm³/mol. The molecule has 0 N–H and O–H groups in total. The monoisotopic (exact) mass is 274 g/mol. The molecule has 0 amide bonds. The molecule has 2 aliphatic heterocycles. The summed E-state index contributed by atoms with van der Waals surface area (Å²) in [5.74, 6) is 0.617. The van der Waals surface area contributed by atoms with Crippen molar-refractivity contribution < 1.29 is 9.13 Å². The van der Waals surface area contributed by atoms with E-state index in [1.54, 1.807) is 12.1 Å². The van der Waals surface area contributed by atoms with E-state index >= 15 is 0 Å². The molecule has 1 aromatic rings. The van der Waals surface area contributed by atoms with E-state index in [0.29, 0.717) is 0 Å². The molecule has 0 spiro atoms. The lowest BCUT2D eigenvalue weighted by atomic mass is 9.82. The van der Waals surface area contributed by atoms with Crippen molar-refractivity contribution in [2.45, 2.75) is 32.3 Å². The van der Waals surface area contributed by atoms with E-state index in [9.17, 15) is 4.39 Å². The Morgan fingerprint density at radius 2 is 2.20 bits per heavy atom. The van der Waals surface area contributed by atoms with Gasteiger partial charge >= 0.3 is 0 Å². The van der Waals surface area contributed by atoms with E-state index in [1.165, 1.54) is 6.07 Å². The van der Waals surface area contributed by atoms with Crippen LogP contribution in [0, 0.1) is 22.6 Å². The van der Waals surface area contributed by atoms with Gasteiger partial charge in [-0.15, -0.1) is 0 Å². The maximum absolute atomic E-state index is 13.2. The van der Waals surface area contributed by atoms with Gasteiger partial charge in [-0.1, -0.05) is 0 Å². The van der Waals surface area contributed by atoms with Crippen molar-refractivity contribution >= 4 is 0 Å². The number of fused-ring (bicyclic) bond motifs is 1. The molecule has 2 heterocycles. The van der Waals surface area contributed by atoms with Crippen LogP contribution in [0.4, 0.5) is 4.39 Å². The van der Waals surface area contributed by atoms with E-state index in [1.807, 2.05) is 6.92 Å². The van der Waals surface area contributed by atoms with Crippen LogP contribution in [-0.4, -0.2) is 30.6 Å². The molecule has 1 saturated heterocycles. The molecule has 3 nitrogen and oxygen atoms in total. The molecule has 0 saturated carbocycles. The second-order valence-corrected chi connectivity index (χ2v) is 6.17. The zero-order chi connectivity index (χ0) is 14.2. The third-order valence-corrected chi connectivity index (χ3v) is 4.46. The predicted octanol–water partition coefficient (Wildman–Crippen LogP) is 2.75. The first-order chi connectivity index (χ1) is 9.58.